The van der Waals surface area contributed by atoms with E-state index >= 15 is 0 Å². The van der Waals surface area contributed by atoms with Gasteiger partial charge in [0, 0.05) is 37.9 Å². The number of carbonyl (C=O) groups is 1. The summed E-state index contributed by atoms with van der Waals surface area (Å²) in [4.78, 5) is 14.7. The number of rotatable bonds is 13. The quantitative estimate of drug-likeness (QED) is 0.123. The highest BCUT2D eigenvalue weighted by atomic mass is 35.5. The molecule has 2 fully saturated rings. The van der Waals surface area contributed by atoms with E-state index in [9.17, 15) is 4.79 Å². The fourth-order valence-electron chi connectivity index (χ4n) is 8.27. The molecule has 4 rings (SSSR count). The Morgan fingerprint density at radius 1 is 0.918 bits per heavy atom. The molecule has 1 spiro atoms. The van der Waals surface area contributed by atoms with Gasteiger partial charge in [0.2, 0.25) is 5.78 Å². The largest absolute Gasteiger partial charge is 0.495 e. The zero-order valence-corrected chi connectivity index (χ0v) is 35.4. The molecule has 0 radical (unpaired) electrons. The summed E-state index contributed by atoms with van der Waals surface area (Å²) >= 11 is 7.92. The van der Waals surface area contributed by atoms with E-state index in [0.717, 1.165) is 11.1 Å². The minimum Gasteiger partial charge on any atom is -0.495 e. The molecule has 49 heavy (non-hydrogen) atoms. The second-order valence-electron chi connectivity index (χ2n) is 17.4. The van der Waals surface area contributed by atoms with Crippen molar-refractivity contribution < 1.29 is 32.6 Å². The molecule has 1 aromatic rings. The second kappa shape index (κ2) is 14.4. The van der Waals surface area contributed by atoms with Crippen molar-refractivity contribution in [2.45, 2.75) is 140 Å². The third-order valence-corrected chi connectivity index (χ3v) is 22.4. The van der Waals surface area contributed by atoms with Crippen LogP contribution in [0.15, 0.2) is 41.7 Å². The summed E-state index contributed by atoms with van der Waals surface area (Å²) in [6, 6.07) is 10.3. The van der Waals surface area contributed by atoms with E-state index in [-0.39, 0.29) is 34.5 Å². The van der Waals surface area contributed by atoms with Gasteiger partial charge in [0.25, 0.3) is 5.79 Å². The van der Waals surface area contributed by atoms with Crippen LogP contribution < -0.4 is 5.32 Å². The van der Waals surface area contributed by atoms with Gasteiger partial charge in [-0.1, -0.05) is 71.9 Å². The Labute approximate surface area is 303 Å². The van der Waals surface area contributed by atoms with Crippen LogP contribution in [-0.4, -0.2) is 86.8 Å². The molecule has 1 N–H and O–H groups in total. The number of methoxy groups -OCH3 is 3. The number of allylic oxidation sites excluding steroid dienone is 1. The molecule has 2 saturated carbocycles. The van der Waals surface area contributed by atoms with E-state index in [1.54, 1.807) is 7.11 Å². The maximum absolute atomic E-state index is 14.7. The van der Waals surface area contributed by atoms with E-state index in [1.807, 2.05) is 25.2 Å². The van der Waals surface area contributed by atoms with E-state index < -0.39 is 44.7 Å². The average Bonchev–Trinajstić information content (AvgIpc) is 3.44. The summed E-state index contributed by atoms with van der Waals surface area (Å²) in [5.41, 5.74) is 0.395. The number of benzene rings is 1. The fraction of sp³-hybridized carbons (Fsp3) is 0.763. The highest BCUT2D eigenvalue weighted by Crippen LogP contribution is 2.73. The number of carbonyl (C=O) groups excluding carboxylic acids is 1. The molecule has 0 saturated heterocycles. The molecule has 278 valence electrons. The number of hydrogen-bond acceptors (Lipinski definition) is 8. The van der Waals surface area contributed by atoms with Gasteiger partial charge in [-0.15, -0.1) is 11.6 Å². The van der Waals surface area contributed by atoms with Crippen LogP contribution in [0.5, 0.6) is 0 Å². The number of alkyl halides is 1. The Balaban J connectivity index is 2.08. The molecule has 1 unspecified atom stereocenters. The lowest BCUT2D eigenvalue weighted by atomic mass is 9.54. The van der Waals surface area contributed by atoms with Crippen molar-refractivity contribution in [3.05, 3.63) is 47.2 Å². The molecule has 0 heterocycles. The van der Waals surface area contributed by atoms with Gasteiger partial charge in [-0.3, -0.25) is 4.79 Å². The molecule has 6 atom stereocenters. The van der Waals surface area contributed by atoms with Gasteiger partial charge in [-0.05, 0) is 73.8 Å². The van der Waals surface area contributed by atoms with Gasteiger partial charge < -0.3 is 33.1 Å². The summed E-state index contributed by atoms with van der Waals surface area (Å²) in [7, 11) is 1.82. The third-order valence-electron chi connectivity index (χ3n) is 12.8. The Bertz CT molecular complexity index is 1350. The lowest BCUT2D eigenvalue weighted by Gasteiger charge is -2.56. The fourth-order valence-corrected chi connectivity index (χ4v) is 11.6. The van der Waals surface area contributed by atoms with Gasteiger partial charge in [0.05, 0.1) is 37.4 Å². The van der Waals surface area contributed by atoms with E-state index in [0.29, 0.717) is 38.2 Å². The highest BCUT2D eigenvalue weighted by Gasteiger charge is 2.78. The first kappa shape index (κ1) is 40.7. The predicted octanol–water partition coefficient (Wildman–Crippen LogP) is 8.21. The van der Waals surface area contributed by atoms with Crippen LogP contribution in [0, 0.1) is 10.8 Å². The Morgan fingerprint density at radius 2 is 1.49 bits per heavy atom. The maximum atomic E-state index is 14.7. The lowest BCUT2D eigenvalue weighted by molar-refractivity contribution is -0.215. The van der Waals surface area contributed by atoms with Crippen LogP contribution in [0.4, 0.5) is 0 Å². The summed E-state index contributed by atoms with van der Waals surface area (Å²) < 4.78 is 40.3. The third kappa shape index (κ3) is 6.69. The molecule has 0 aliphatic heterocycles. The van der Waals surface area contributed by atoms with Crippen LogP contribution in [0.2, 0.25) is 36.3 Å². The van der Waals surface area contributed by atoms with E-state index in [1.165, 1.54) is 14.2 Å². The SMILES string of the molecule is CNCC[C@@]12CC(=O)C(OC)(OC)C(OC)=C1C[C@H](Cl)C21[C@@H](O[Si](C)(C)C(C)(C)C)C[C@@H](O[Si](C)(C)C(C)(C)C)[C@H]1OCc1ccccc1. The number of fused-ring (bicyclic) bond motifs is 2. The van der Waals surface area contributed by atoms with Crippen molar-refractivity contribution >= 4 is 34.0 Å². The monoisotopic (exact) mass is 737 g/mol. The Morgan fingerprint density at radius 3 is 2.00 bits per heavy atom. The standard InChI is InChI=1S/C38H64ClNO7Si2/c1-34(2,3)48(11,12)46-28-23-31(47-49(13,14)35(4,5)6)37(33(28)45-25-26-18-16-15-17-19-26)29(39)22-27-32(42-8)38(43-9,44-10)30(41)24-36(27,37)20-21-40-7/h15-19,28-29,31,33,40H,20-25H2,1-14H3/t28-,29+,31+,33-,36-,37?/m1/s1. The summed E-state index contributed by atoms with van der Waals surface area (Å²) in [5, 5.41) is 2.84. The van der Waals surface area contributed by atoms with Crippen LogP contribution in [-0.2, 0) is 39.2 Å². The van der Waals surface area contributed by atoms with Crippen molar-refractivity contribution in [2.24, 2.45) is 10.8 Å². The van der Waals surface area contributed by atoms with Crippen LogP contribution in [0.25, 0.3) is 0 Å². The predicted molar refractivity (Wildman–Crippen MR) is 202 cm³/mol. The zero-order chi connectivity index (χ0) is 36.8. The molecule has 8 nitrogen and oxygen atoms in total. The molecule has 0 amide bonds. The van der Waals surface area contributed by atoms with Crippen LogP contribution in [0.3, 0.4) is 0 Å². The summed E-state index contributed by atoms with van der Waals surface area (Å²) in [5.74, 6) is -1.45. The normalized spacial score (nSPS) is 30.7. The summed E-state index contributed by atoms with van der Waals surface area (Å²) in [6.07, 6.45) is 0.750. The van der Waals surface area contributed by atoms with Gasteiger partial charge in [-0.25, -0.2) is 0 Å². The molecule has 11 heteroatoms. The number of halogens is 1. The zero-order valence-electron chi connectivity index (χ0n) is 32.7. The first-order valence-electron chi connectivity index (χ1n) is 17.9. The van der Waals surface area contributed by atoms with Gasteiger partial charge in [0.1, 0.15) is 0 Å². The Hall–Kier alpha value is -1.09. The summed E-state index contributed by atoms with van der Waals surface area (Å²) in [6.45, 7) is 23.8. The topological polar surface area (TPSA) is 84.5 Å². The number of Topliss-reactive ketones (excluding diaryl/α,β-unsaturated/α-hetero) is 1. The molecule has 0 bridgehead atoms. The molecule has 3 aliphatic carbocycles. The van der Waals surface area contributed by atoms with Crippen LogP contribution >= 0.6 is 11.6 Å². The second-order valence-corrected chi connectivity index (χ2v) is 27.5. The van der Waals surface area contributed by atoms with E-state index in [2.05, 4.69) is 85.2 Å². The molecule has 3 aliphatic rings. The van der Waals surface area contributed by atoms with Crippen molar-refractivity contribution in [3.8, 4) is 0 Å². The van der Waals surface area contributed by atoms with Gasteiger partial charge in [0.15, 0.2) is 22.4 Å². The van der Waals surface area contributed by atoms with Crippen molar-refractivity contribution in [1.29, 1.82) is 0 Å². The molecular formula is C38H64ClNO7Si2. The van der Waals surface area contributed by atoms with Gasteiger partial charge >= 0.3 is 0 Å². The minimum absolute atomic E-state index is 0.0337. The highest BCUT2D eigenvalue weighted by molar-refractivity contribution is 6.74. The first-order chi connectivity index (χ1) is 22.7. The minimum atomic E-state index is -2.40. The maximum Gasteiger partial charge on any atom is 0.288 e. The van der Waals surface area contributed by atoms with Crippen LogP contribution in [0.1, 0.15) is 72.8 Å². The molecule has 0 aromatic heterocycles. The van der Waals surface area contributed by atoms with Crippen molar-refractivity contribution in [2.75, 3.05) is 34.9 Å². The van der Waals surface area contributed by atoms with E-state index in [4.69, 9.17) is 39.4 Å². The lowest BCUT2D eigenvalue weighted by Crippen LogP contribution is -2.63. The smallest absolute Gasteiger partial charge is 0.288 e. The molecule has 1 aromatic carbocycles. The number of nitrogens with one attached hydrogen (secondary N) is 1. The number of hydrogen-bond donors (Lipinski definition) is 1. The van der Waals surface area contributed by atoms with Gasteiger partial charge in [-0.2, -0.15) is 0 Å². The van der Waals surface area contributed by atoms with Crippen molar-refractivity contribution in [1.82, 2.24) is 5.32 Å². The van der Waals surface area contributed by atoms with Crippen molar-refractivity contribution in [3.63, 3.8) is 0 Å². The average molecular weight is 739 g/mol. The first-order valence-corrected chi connectivity index (χ1v) is 24.1. The number of ether oxygens (including phenoxy) is 4. The number of ketones is 1. The molecular weight excluding hydrogens is 674 g/mol. The Kier molecular flexibility index (Phi) is 11.9.